The Balaban J connectivity index is 1.33. The molecule has 1 aromatic heterocycles. The number of benzene rings is 2. The van der Waals surface area contributed by atoms with Crippen molar-refractivity contribution in [1.29, 1.82) is 0 Å². The second-order valence-corrected chi connectivity index (χ2v) is 14.4. The molecule has 0 aliphatic heterocycles. The van der Waals surface area contributed by atoms with Crippen molar-refractivity contribution in [2.45, 2.75) is 60.6 Å². The fraction of sp³-hybridized carbons (Fsp3) is 0.333. The smallest absolute Gasteiger partial charge is 0.417 e. The number of halogens is 4. The van der Waals surface area contributed by atoms with Gasteiger partial charge in [-0.2, -0.15) is 13.2 Å². The van der Waals surface area contributed by atoms with Crippen LogP contribution in [-0.2, 0) is 11.0 Å². The number of hydrogen-bond acceptors (Lipinski definition) is 6. The Morgan fingerprint density at radius 1 is 0.900 bits per heavy atom. The van der Waals surface area contributed by atoms with Crippen LogP contribution >= 0.6 is 11.6 Å². The number of aliphatic hydroxyl groups excluding tert-OH is 1. The fourth-order valence-corrected chi connectivity index (χ4v) is 5.56. The third-order valence-electron chi connectivity index (χ3n) is 8.39. The van der Waals surface area contributed by atoms with Crippen molar-refractivity contribution in [3.63, 3.8) is 0 Å². The molecule has 0 radical (unpaired) electrons. The quantitative estimate of drug-likeness (QED) is 0.155. The van der Waals surface area contributed by atoms with E-state index in [2.05, 4.69) is 26.5 Å². The van der Waals surface area contributed by atoms with Crippen LogP contribution in [0.5, 0.6) is 11.5 Å². The molecule has 5 N–H and O–H groups in total. The molecule has 4 rings (SSSR count). The molecule has 0 saturated carbocycles. The number of amides is 4. The average Bonchev–Trinajstić information content (AvgIpc) is 3.01. The van der Waals surface area contributed by atoms with Crippen molar-refractivity contribution in [2.24, 2.45) is 16.2 Å². The number of ether oxygens (including phenoxy) is 1. The maximum Gasteiger partial charge on any atom is 0.417 e. The van der Waals surface area contributed by atoms with Gasteiger partial charge in [0.2, 0.25) is 5.91 Å². The SMILES string of the molecule is CC(C)(C)C1=C(O)C=CC(CC(=O)NNC(=O)c2cc(Oc3ccc(NC(=O)Nc4ccc(Cl)c(C(F)(F)F)c4)cc3)ccn2)(C(C)(C)C)C1. The highest BCUT2D eigenvalue weighted by atomic mass is 35.5. The van der Waals surface area contributed by atoms with Gasteiger partial charge in [-0.05, 0) is 77.4 Å². The number of anilines is 2. The minimum Gasteiger partial charge on any atom is -0.508 e. The lowest BCUT2D eigenvalue weighted by atomic mass is 9.58. The first kappa shape index (κ1) is 37.8. The Morgan fingerprint density at radius 2 is 1.54 bits per heavy atom. The molecule has 1 aliphatic carbocycles. The van der Waals surface area contributed by atoms with Crippen molar-refractivity contribution >= 4 is 40.8 Å². The summed E-state index contributed by atoms with van der Waals surface area (Å²) in [5, 5.41) is 14.9. The number of nitrogens with zero attached hydrogens (tertiary/aromatic N) is 1. The highest BCUT2D eigenvalue weighted by molar-refractivity contribution is 6.31. The summed E-state index contributed by atoms with van der Waals surface area (Å²) in [5.74, 6) is -0.274. The third kappa shape index (κ3) is 9.35. The van der Waals surface area contributed by atoms with Gasteiger partial charge in [0, 0.05) is 35.5 Å². The molecule has 266 valence electrons. The zero-order valence-corrected chi connectivity index (χ0v) is 29.1. The molecule has 14 heteroatoms. The van der Waals surface area contributed by atoms with Gasteiger partial charge in [-0.3, -0.25) is 25.4 Å². The molecular formula is C36H39ClF3N5O5. The Morgan fingerprint density at radius 3 is 2.16 bits per heavy atom. The predicted octanol–water partition coefficient (Wildman–Crippen LogP) is 9.19. The predicted molar refractivity (Wildman–Crippen MR) is 185 cm³/mol. The molecule has 10 nitrogen and oxygen atoms in total. The van der Waals surface area contributed by atoms with Crippen LogP contribution in [-0.4, -0.2) is 27.9 Å². The number of hydrogen-bond donors (Lipinski definition) is 5. The summed E-state index contributed by atoms with van der Waals surface area (Å²) < 4.78 is 45.2. The van der Waals surface area contributed by atoms with E-state index in [1.165, 1.54) is 48.7 Å². The van der Waals surface area contributed by atoms with E-state index in [0.29, 0.717) is 17.9 Å². The van der Waals surface area contributed by atoms with Crippen LogP contribution in [0.1, 0.15) is 70.4 Å². The number of aliphatic hydroxyl groups is 1. The minimum atomic E-state index is -4.68. The van der Waals surface area contributed by atoms with E-state index in [4.69, 9.17) is 16.3 Å². The molecule has 2 aromatic carbocycles. The number of nitrogens with one attached hydrogen (secondary N) is 4. The van der Waals surface area contributed by atoms with Gasteiger partial charge < -0.3 is 20.5 Å². The van der Waals surface area contributed by atoms with E-state index in [0.717, 1.165) is 17.7 Å². The van der Waals surface area contributed by atoms with E-state index >= 15 is 0 Å². The number of aromatic nitrogens is 1. The number of pyridine rings is 1. The largest absolute Gasteiger partial charge is 0.508 e. The minimum absolute atomic E-state index is 0.0281. The molecule has 0 fully saturated rings. The first-order chi connectivity index (χ1) is 23.2. The molecule has 0 bridgehead atoms. The van der Waals surface area contributed by atoms with Gasteiger partial charge in [0.25, 0.3) is 5.91 Å². The Bertz CT molecular complexity index is 1830. The lowest BCUT2D eigenvalue weighted by Gasteiger charge is -2.46. The van der Waals surface area contributed by atoms with E-state index in [9.17, 15) is 32.7 Å². The monoisotopic (exact) mass is 713 g/mol. The summed E-state index contributed by atoms with van der Waals surface area (Å²) in [6.07, 6.45) is 0.741. The van der Waals surface area contributed by atoms with Crippen molar-refractivity contribution < 1.29 is 37.4 Å². The van der Waals surface area contributed by atoms with Crippen LogP contribution < -0.4 is 26.2 Å². The van der Waals surface area contributed by atoms with E-state index in [1.807, 2.05) is 47.6 Å². The highest BCUT2D eigenvalue weighted by Crippen LogP contribution is 2.53. The topological polar surface area (TPSA) is 142 Å². The van der Waals surface area contributed by atoms with Crippen LogP contribution in [0.3, 0.4) is 0 Å². The molecule has 1 aliphatic rings. The molecule has 1 unspecified atom stereocenters. The normalized spacial score (nSPS) is 16.4. The standard InChI is InChI=1S/C36H39ClF3N5O5/c1-33(2,3)26-19-35(34(4,5)6,15-13-29(26)46)20-30(47)44-45-31(48)28-18-24(14-16-41-28)50-23-10-7-21(8-11-23)42-32(49)43-22-9-12-27(37)25(17-22)36(38,39)40/h7-18,46H,19-20H2,1-6H3,(H,44,47)(H,45,48)(H2,42,43,49). The van der Waals surface area contributed by atoms with Crippen molar-refractivity contribution in [3.05, 3.63) is 101 Å². The molecule has 1 heterocycles. The zero-order chi connectivity index (χ0) is 37.1. The van der Waals surface area contributed by atoms with Crippen LogP contribution in [0.15, 0.2) is 84.3 Å². The number of alkyl halides is 3. The van der Waals surface area contributed by atoms with Crippen molar-refractivity contribution in [2.75, 3.05) is 10.6 Å². The van der Waals surface area contributed by atoms with E-state index < -0.39 is 40.0 Å². The van der Waals surface area contributed by atoms with Gasteiger partial charge in [-0.25, -0.2) is 4.79 Å². The summed E-state index contributed by atoms with van der Waals surface area (Å²) in [5.41, 5.74) is 3.59. The van der Waals surface area contributed by atoms with E-state index in [-0.39, 0.29) is 40.1 Å². The van der Waals surface area contributed by atoms with Crippen molar-refractivity contribution in [1.82, 2.24) is 15.8 Å². The number of urea groups is 1. The number of carbonyl (C=O) groups is 3. The summed E-state index contributed by atoms with van der Waals surface area (Å²) in [7, 11) is 0. The summed E-state index contributed by atoms with van der Waals surface area (Å²) in [6.45, 7) is 12.1. The highest BCUT2D eigenvalue weighted by Gasteiger charge is 2.45. The second kappa shape index (κ2) is 14.4. The maximum atomic E-state index is 13.1. The number of carbonyl (C=O) groups excluding carboxylic acids is 3. The summed E-state index contributed by atoms with van der Waals surface area (Å²) in [6, 6.07) is 11.2. The molecular weight excluding hydrogens is 675 g/mol. The molecule has 4 amide bonds. The third-order valence-corrected chi connectivity index (χ3v) is 8.72. The summed E-state index contributed by atoms with van der Waals surface area (Å²) in [4.78, 5) is 42.5. The Labute approximate surface area is 293 Å². The Kier molecular flexibility index (Phi) is 10.9. The second-order valence-electron chi connectivity index (χ2n) is 14.0. The number of hydrazine groups is 1. The fourth-order valence-electron chi connectivity index (χ4n) is 5.33. The van der Waals surface area contributed by atoms with Gasteiger partial charge in [0.05, 0.1) is 10.6 Å². The van der Waals surface area contributed by atoms with Gasteiger partial charge in [-0.1, -0.05) is 59.2 Å². The van der Waals surface area contributed by atoms with Gasteiger partial charge >= 0.3 is 12.2 Å². The van der Waals surface area contributed by atoms with Gasteiger partial charge in [0.1, 0.15) is 23.0 Å². The van der Waals surface area contributed by atoms with E-state index in [1.54, 1.807) is 6.08 Å². The average molecular weight is 714 g/mol. The van der Waals surface area contributed by atoms with Crippen LogP contribution in [0.2, 0.25) is 5.02 Å². The van der Waals surface area contributed by atoms with Crippen LogP contribution in [0.25, 0.3) is 0 Å². The Hall–Kier alpha value is -5.04. The van der Waals surface area contributed by atoms with Gasteiger partial charge in [-0.15, -0.1) is 0 Å². The first-order valence-corrected chi connectivity index (χ1v) is 15.9. The maximum absolute atomic E-state index is 13.1. The molecule has 0 saturated heterocycles. The lowest BCUT2D eigenvalue weighted by Crippen LogP contribution is -2.47. The van der Waals surface area contributed by atoms with Crippen LogP contribution in [0.4, 0.5) is 29.3 Å². The number of allylic oxidation sites excluding steroid dienone is 3. The van der Waals surface area contributed by atoms with Crippen molar-refractivity contribution in [3.8, 4) is 11.5 Å². The molecule has 1 atom stereocenters. The lowest BCUT2D eigenvalue weighted by molar-refractivity contribution is -0.137. The first-order valence-electron chi connectivity index (χ1n) is 15.6. The molecule has 0 spiro atoms. The zero-order valence-electron chi connectivity index (χ0n) is 28.4. The number of rotatable bonds is 7. The van der Waals surface area contributed by atoms with Crippen LogP contribution in [0, 0.1) is 16.2 Å². The molecule has 3 aromatic rings. The van der Waals surface area contributed by atoms with Gasteiger partial charge in [0.15, 0.2) is 0 Å². The summed E-state index contributed by atoms with van der Waals surface area (Å²) >= 11 is 5.63. The molecule has 50 heavy (non-hydrogen) atoms.